The van der Waals surface area contributed by atoms with E-state index < -0.39 is 0 Å². The van der Waals surface area contributed by atoms with Crippen LogP contribution in [0.15, 0.2) is 47.4 Å². The molecule has 1 unspecified atom stereocenters. The van der Waals surface area contributed by atoms with Gasteiger partial charge in [-0.2, -0.15) is 10.5 Å². The fourth-order valence-electron chi connectivity index (χ4n) is 2.79. The smallest absolute Gasteiger partial charge is 0.126 e. The van der Waals surface area contributed by atoms with E-state index in [4.69, 9.17) is 4.74 Å². The maximum absolute atomic E-state index is 11.3. The maximum Gasteiger partial charge on any atom is 0.126 e. The molecule has 0 fully saturated rings. The molecule has 0 aliphatic carbocycles. The van der Waals surface area contributed by atoms with Crippen LogP contribution < -0.4 is 9.64 Å². The summed E-state index contributed by atoms with van der Waals surface area (Å²) in [4.78, 5) is 14.7. The molecule has 2 aromatic carbocycles. The molecular formula is C22H29NO2S. The quantitative estimate of drug-likeness (QED) is 0.500. The van der Waals surface area contributed by atoms with Gasteiger partial charge in [-0.1, -0.05) is 31.9 Å². The summed E-state index contributed by atoms with van der Waals surface area (Å²) in [6, 6.07) is 14.7. The van der Waals surface area contributed by atoms with E-state index in [2.05, 4.69) is 41.1 Å². The van der Waals surface area contributed by atoms with Crippen LogP contribution in [0.2, 0.25) is 0 Å². The van der Waals surface area contributed by atoms with Crippen LogP contribution in [0.5, 0.6) is 5.75 Å². The summed E-state index contributed by atoms with van der Waals surface area (Å²) >= 11 is 0. The Kier molecular flexibility index (Phi) is 6.65. The molecule has 0 spiro atoms. The molecule has 3 nitrogen and oxygen atoms in total. The number of benzene rings is 2. The molecule has 0 bridgehead atoms. The molecule has 0 radical (unpaired) electrons. The molecule has 0 aromatic heterocycles. The summed E-state index contributed by atoms with van der Waals surface area (Å²) in [5.41, 5.74) is 3.31. The molecule has 2 rings (SSSR count). The third kappa shape index (κ3) is 5.21. The van der Waals surface area contributed by atoms with Gasteiger partial charge in [0, 0.05) is 35.8 Å². The van der Waals surface area contributed by atoms with Gasteiger partial charge in [-0.3, -0.25) is 0 Å². The van der Waals surface area contributed by atoms with Gasteiger partial charge in [-0.05, 0) is 47.9 Å². The van der Waals surface area contributed by atoms with E-state index in [1.165, 1.54) is 21.7 Å². The number of rotatable bonds is 8. The number of hydrogen-bond donors (Lipinski definition) is 0. The third-order valence-corrected chi connectivity index (χ3v) is 6.40. The predicted octanol–water partition coefficient (Wildman–Crippen LogP) is 4.64. The monoisotopic (exact) mass is 371 g/mol. The Balaban J connectivity index is 2.38. The van der Waals surface area contributed by atoms with Gasteiger partial charge >= 0.3 is 0 Å². The van der Waals surface area contributed by atoms with E-state index in [1.807, 2.05) is 40.1 Å². The SMILES string of the molecule is C=S(CC(C)(C)C=O)c1ccc(N(C)C)cc1Cc1ccc(OC)cc1. The number of nitrogens with zero attached hydrogens (tertiary/aromatic N) is 1. The third-order valence-electron chi connectivity index (χ3n) is 4.29. The minimum absolute atomic E-state index is 0.240. The fraction of sp³-hybridized carbons (Fsp3) is 0.364. The summed E-state index contributed by atoms with van der Waals surface area (Å²) in [5, 5.41) is 0. The van der Waals surface area contributed by atoms with Crippen molar-refractivity contribution in [2.45, 2.75) is 25.2 Å². The van der Waals surface area contributed by atoms with E-state index in [1.54, 1.807) is 7.11 Å². The van der Waals surface area contributed by atoms with Crippen LogP contribution in [-0.4, -0.2) is 39.1 Å². The van der Waals surface area contributed by atoms with Crippen LogP contribution in [0.25, 0.3) is 0 Å². The van der Waals surface area contributed by atoms with Crippen molar-refractivity contribution >= 4 is 28.3 Å². The predicted molar refractivity (Wildman–Crippen MR) is 114 cm³/mol. The highest BCUT2D eigenvalue weighted by molar-refractivity contribution is 8.14. The molecule has 0 N–H and O–H groups in total. The van der Waals surface area contributed by atoms with Crippen LogP contribution in [0.3, 0.4) is 0 Å². The lowest BCUT2D eigenvalue weighted by Gasteiger charge is -2.23. The molecular weight excluding hydrogens is 342 g/mol. The lowest BCUT2D eigenvalue weighted by molar-refractivity contribution is -0.113. The van der Waals surface area contributed by atoms with E-state index in [-0.39, 0.29) is 15.9 Å². The van der Waals surface area contributed by atoms with Crippen molar-refractivity contribution in [2.24, 2.45) is 5.41 Å². The molecule has 1 atom stereocenters. The molecule has 0 saturated carbocycles. The number of hydrogen-bond acceptors (Lipinski definition) is 3. The Morgan fingerprint density at radius 2 is 1.81 bits per heavy atom. The van der Waals surface area contributed by atoms with Gasteiger partial charge in [0.25, 0.3) is 0 Å². The zero-order chi connectivity index (χ0) is 19.3. The van der Waals surface area contributed by atoms with Crippen LogP contribution in [0, 0.1) is 5.41 Å². The van der Waals surface area contributed by atoms with Gasteiger partial charge < -0.3 is 14.4 Å². The van der Waals surface area contributed by atoms with Crippen LogP contribution in [0.4, 0.5) is 5.69 Å². The van der Waals surface area contributed by atoms with Crippen LogP contribution >= 0.6 is 10.5 Å². The van der Waals surface area contributed by atoms with Crippen LogP contribution in [-0.2, 0) is 11.2 Å². The van der Waals surface area contributed by atoms with Crippen LogP contribution in [0.1, 0.15) is 25.0 Å². The van der Waals surface area contributed by atoms with E-state index in [9.17, 15) is 4.79 Å². The Morgan fingerprint density at radius 3 is 2.35 bits per heavy atom. The highest BCUT2D eigenvalue weighted by atomic mass is 32.2. The topological polar surface area (TPSA) is 29.5 Å². The summed E-state index contributed by atoms with van der Waals surface area (Å²) < 4.78 is 5.25. The Morgan fingerprint density at radius 1 is 1.15 bits per heavy atom. The average Bonchev–Trinajstić information content (AvgIpc) is 2.61. The van der Waals surface area contributed by atoms with Crippen molar-refractivity contribution < 1.29 is 9.53 Å². The molecule has 140 valence electrons. The minimum atomic E-state index is -0.359. The first-order valence-corrected chi connectivity index (χ1v) is 10.2. The zero-order valence-corrected chi connectivity index (χ0v) is 17.2. The summed E-state index contributed by atoms with van der Waals surface area (Å²) in [6.45, 7) is 3.95. The molecule has 2 aromatic rings. The molecule has 4 heteroatoms. The van der Waals surface area contributed by atoms with E-state index in [0.29, 0.717) is 0 Å². The Hall–Kier alpha value is -2.07. The summed E-state index contributed by atoms with van der Waals surface area (Å²) in [5.74, 6) is 6.00. The highest BCUT2D eigenvalue weighted by Crippen LogP contribution is 2.36. The van der Waals surface area contributed by atoms with Gasteiger partial charge in [-0.15, -0.1) is 0 Å². The Bertz CT molecular complexity index is 779. The number of methoxy groups -OCH3 is 1. The van der Waals surface area contributed by atoms with Gasteiger partial charge in [0.2, 0.25) is 0 Å². The van der Waals surface area contributed by atoms with Gasteiger partial charge in [0.15, 0.2) is 0 Å². The van der Waals surface area contributed by atoms with Crippen molar-refractivity contribution in [3.8, 4) is 5.75 Å². The average molecular weight is 372 g/mol. The largest absolute Gasteiger partial charge is 0.497 e. The second kappa shape index (κ2) is 8.54. The van der Waals surface area contributed by atoms with Gasteiger partial charge in [-0.25, -0.2) is 0 Å². The molecule has 0 aliphatic heterocycles. The van der Waals surface area contributed by atoms with E-state index >= 15 is 0 Å². The van der Waals surface area contributed by atoms with Crippen molar-refractivity contribution in [1.82, 2.24) is 0 Å². The fourth-order valence-corrected chi connectivity index (χ4v) is 4.67. The van der Waals surface area contributed by atoms with Crippen molar-refractivity contribution in [1.29, 1.82) is 0 Å². The lowest BCUT2D eigenvalue weighted by Crippen LogP contribution is -2.17. The Labute approximate surface area is 159 Å². The molecule has 0 amide bonds. The minimum Gasteiger partial charge on any atom is -0.497 e. The second-order valence-electron chi connectivity index (χ2n) is 7.45. The van der Waals surface area contributed by atoms with Gasteiger partial charge in [0.1, 0.15) is 12.0 Å². The molecule has 0 aliphatic rings. The first-order chi connectivity index (χ1) is 12.3. The van der Waals surface area contributed by atoms with E-state index in [0.717, 1.165) is 24.2 Å². The molecule has 0 heterocycles. The first-order valence-electron chi connectivity index (χ1n) is 8.66. The number of carbonyl (C=O) groups is 1. The highest BCUT2D eigenvalue weighted by Gasteiger charge is 2.19. The number of ether oxygens (including phenoxy) is 1. The standard InChI is InChI=1S/C22H29NO2S/c1-22(2,15-24)16-26(6)21-12-9-19(23(3)4)14-18(21)13-17-7-10-20(25-5)11-8-17/h7-12,14-15H,6,13,16H2,1-5H3. The van der Waals surface area contributed by atoms with Crippen molar-refractivity contribution in [3.05, 3.63) is 53.6 Å². The molecule has 26 heavy (non-hydrogen) atoms. The maximum atomic E-state index is 11.3. The number of aldehydes is 1. The molecule has 0 saturated heterocycles. The summed E-state index contributed by atoms with van der Waals surface area (Å²) in [7, 11) is 5.53. The zero-order valence-electron chi connectivity index (χ0n) is 16.4. The lowest BCUT2D eigenvalue weighted by atomic mass is 10.00. The second-order valence-corrected chi connectivity index (χ2v) is 9.17. The van der Waals surface area contributed by atoms with Crippen molar-refractivity contribution in [2.75, 3.05) is 31.9 Å². The van der Waals surface area contributed by atoms with Crippen molar-refractivity contribution in [3.63, 3.8) is 0 Å². The van der Waals surface area contributed by atoms with Gasteiger partial charge in [0.05, 0.1) is 7.11 Å². The number of anilines is 1. The summed E-state index contributed by atoms with van der Waals surface area (Å²) in [6.07, 6.45) is 1.87. The first kappa shape index (κ1) is 20.2. The number of carbonyl (C=O) groups excluding carboxylic acids is 1. The normalized spacial score (nSPS) is 12.5.